The molecule has 196 valence electrons. The largest absolute Gasteiger partial charge is 0.322 e. The standard InChI is InChI=1S/C31H27ClN4O2S/c1-19-15-21(16-22(18-33)29(37)35-25-12-8-9-23(32)17-25)20(2)36(19)31-28(26-13-6-7-14-27(26)39-31)30(38)34-24-10-4-3-5-11-24/h3-5,8-12,15-17H,6-7,13-14H2,1-2H3,(H,34,38)(H,35,37)/b22-16-. The Morgan fingerprint density at radius 2 is 1.74 bits per heavy atom. The van der Waals surface area contributed by atoms with E-state index < -0.39 is 5.91 Å². The summed E-state index contributed by atoms with van der Waals surface area (Å²) in [5.41, 5.74) is 5.57. The first kappa shape index (κ1) is 26.5. The molecule has 2 aromatic heterocycles. The number of benzene rings is 2. The second-order valence-corrected chi connectivity index (χ2v) is 11.0. The van der Waals surface area contributed by atoms with Crippen molar-refractivity contribution in [2.24, 2.45) is 0 Å². The summed E-state index contributed by atoms with van der Waals surface area (Å²) in [4.78, 5) is 27.8. The molecule has 39 heavy (non-hydrogen) atoms. The molecule has 5 rings (SSSR count). The van der Waals surface area contributed by atoms with Crippen molar-refractivity contribution in [2.75, 3.05) is 10.6 Å². The lowest BCUT2D eigenvalue weighted by Crippen LogP contribution is -2.17. The molecule has 0 spiro atoms. The molecule has 0 radical (unpaired) electrons. The molecule has 2 aromatic carbocycles. The third-order valence-corrected chi connectivity index (χ3v) is 8.34. The van der Waals surface area contributed by atoms with Crippen molar-refractivity contribution in [3.05, 3.63) is 104 Å². The van der Waals surface area contributed by atoms with Crippen LogP contribution in [0.2, 0.25) is 5.02 Å². The molecule has 2 heterocycles. The topological polar surface area (TPSA) is 86.9 Å². The van der Waals surface area contributed by atoms with Crippen molar-refractivity contribution in [2.45, 2.75) is 39.5 Å². The summed E-state index contributed by atoms with van der Waals surface area (Å²) in [6.07, 6.45) is 5.59. The number of rotatable bonds is 6. The molecule has 0 fully saturated rings. The van der Waals surface area contributed by atoms with Gasteiger partial charge in [-0.05, 0) is 93.1 Å². The third kappa shape index (κ3) is 5.53. The Morgan fingerprint density at radius 3 is 2.49 bits per heavy atom. The molecule has 6 nitrogen and oxygen atoms in total. The number of carbonyl (C=O) groups is 2. The molecule has 0 unspecified atom stereocenters. The maximum Gasteiger partial charge on any atom is 0.266 e. The van der Waals surface area contributed by atoms with E-state index in [0.29, 0.717) is 16.3 Å². The Morgan fingerprint density at radius 1 is 1.00 bits per heavy atom. The van der Waals surface area contributed by atoms with Gasteiger partial charge >= 0.3 is 0 Å². The van der Waals surface area contributed by atoms with Crippen molar-refractivity contribution in [3.8, 4) is 11.1 Å². The Balaban J connectivity index is 1.53. The van der Waals surface area contributed by atoms with Gasteiger partial charge < -0.3 is 15.2 Å². The molecule has 8 heteroatoms. The average molecular weight is 555 g/mol. The normalized spacial score (nSPS) is 12.9. The fraction of sp³-hybridized carbons (Fsp3) is 0.194. The van der Waals surface area contributed by atoms with Gasteiger partial charge in [-0.25, -0.2) is 0 Å². The van der Waals surface area contributed by atoms with Crippen LogP contribution in [0.15, 0.2) is 66.2 Å². The molecule has 0 saturated heterocycles. The van der Waals surface area contributed by atoms with Crippen LogP contribution < -0.4 is 10.6 Å². The summed E-state index contributed by atoms with van der Waals surface area (Å²) < 4.78 is 2.07. The molecule has 2 amide bonds. The summed E-state index contributed by atoms with van der Waals surface area (Å²) in [7, 11) is 0. The number of aromatic nitrogens is 1. The maximum absolute atomic E-state index is 13.6. The summed E-state index contributed by atoms with van der Waals surface area (Å²) in [6, 6.07) is 20.2. The molecular weight excluding hydrogens is 528 g/mol. The Hall–Kier alpha value is -4.12. The number of amides is 2. The molecule has 1 aliphatic carbocycles. The predicted octanol–water partition coefficient (Wildman–Crippen LogP) is 7.49. The quantitative estimate of drug-likeness (QED) is 0.191. The molecule has 2 N–H and O–H groups in total. The van der Waals surface area contributed by atoms with E-state index in [0.717, 1.165) is 58.9 Å². The number of anilines is 2. The Bertz CT molecular complexity index is 1640. The van der Waals surface area contributed by atoms with Crippen LogP contribution in [0.4, 0.5) is 11.4 Å². The molecule has 4 aromatic rings. The van der Waals surface area contributed by atoms with Gasteiger partial charge in [-0.15, -0.1) is 11.3 Å². The lowest BCUT2D eigenvalue weighted by molar-refractivity contribution is -0.112. The van der Waals surface area contributed by atoms with E-state index in [2.05, 4.69) is 15.2 Å². The molecular formula is C31H27ClN4O2S. The first-order valence-corrected chi connectivity index (χ1v) is 13.9. The third-order valence-electron chi connectivity index (χ3n) is 6.83. The number of aryl methyl sites for hydroxylation is 2. The van der Waals surface area contributed by atoms with Gasteiger partial charge in [-0.1, -0.05) is 35.9 Å². The molecule has 0 saturated carbocycles. The van der Waals surface area contributed by atoms with E-state index in [1.165, 1.54) is 4.88 Å². The first-order valence-electron chi connectivity index (χ1n) is 12.7. The summed E-state index contributed by atoms with van der Waals surface area (Å²) in [5.74, 6) is -0.641. The van der Waals surface area contributed by atoms with Crippen molar-refractivity contribution >= 4 is 52.2 Å². The van der Waals surface area contributed by atoms with Gasteiger partial charge in [0.2, 0.25) is 0 Å². The summed E-state index contributed by atoms with van der Waals surface area (Å²) >= 11 is 7.68. The van der Waals surface area contributed by atoms with Crippen molar-refractivity contribution < 1.29 is 9.59 Å². The fourth-order valence-corrected chi connectivity index (χ4v) is 6.66. The van der Waals surface area contributed by atoms with Crippen LogP contribution in [0.25, 0.3) is 11.1 Å². The molecule has 1 aliphatic rings. The number of halogens is 1. The van der Waals surface area contributed by atoms with Gasteiger partial charge in [0.1, 0.15) is 16.6 Å². The van der Waals surface area contributed by atoms with E-state index in [-0.39, 0.29) is 11.5 Å². The second-order valence-electron chi connectivity index (χ2n) is 9.51. The first-order chi connectivity index (χ1) is 18.9. The number of nitrogens with zero attached hydrogens (tertiary/aromatic N) is 2. The number of fused-ring (bicyclic) bond motifs is 1. The molecule has 0 atom stereocenters. The number of nitriles is 1. The second kappa shape index (κ2) is 11.3. The van der Waals surface area contributed by atoms with Gasteiger partial charge in [0.25, 0.3) is 11.8 Å². The van der Waals surface area contributed by atoms with Crippen LogP contribution in [0.5, 0.6) is 0 Å². The lowest BCUT2D eigenvalue weighted by Gasteiger charge is -2.14. The summed E-state index contributed by atoms with van der Waals surface area (Å²) in [6.45, 7) is 3.92. The van der Waals surface area contributed by atoms with E-state index in [1.807, 2.05) is 56.3 Å². The number of thiophene rings is 1. The van der Waals surface area contributed by atoms with E-state index in [9.17, 15) is 14.9 Å². The van der Waals surface area contributed by atoms with Crippen molar-refractivity contribution in [1.29, 1.82) is 5.26 Å². The highest BCUT2D eigenvalue weighted by Gasteiger charge is 2.28. The van der Waals surface area contributed by atoms with Crippen LogP contribution in [-0.4, -0.2) is 16.4 Å². The average Bonchev–Trinajstić information content (AvgIpc) is 3.43. The fourth-order valence-electron chi connectivity index (χ4n) is 4.97. The van der Waals surface area contributed by atoms with Crippen molar-refractivity contribution in [1.82, 2.24) is 4.57 Å². The maximum atomic E-state index is 13.6. The van der Waals surface area contributed by atoms with Crippen LogP contribution in [0.1, 0.15) is 50.6 Å². The van der Waals surface area contributed by atoms with Crippen LogP contribution in [0, 0.1) is 25.2 Å². The monoisotopic (exact) mass is 554 g/mol. The number of para-hydroxylation sites is 1. The lowest BCUT2D eigenvalue weighted by atomic mass is 9.95. The Kier molecular flexibility index (Phi) is 7.69. The predicted molar refractivity (Wildman–Crippen MR) is 158 cm³/mol. The number of hydrogen-bond donors (Lipinski definition) is 2. The van der Waals surface area contributed by atoms with Gasteiger partial charge in [0, 0.05) is 32.7 Å². The highest BCUT2D eigenvalue weighted by molar-refractivity contribution is 7.15. The van der Waals surface area contributed by atoms with E-state index in [1.54, 1.807) is 41.7 Å². The minimum atomic E-state index is -0.515. The molecule has 0 aliphatic heterocycles. The molecule has 0 bridgehead atoms. The van der Waals surface area contributed by atoms with E-state index in [4.69, 9.17) is 11.6 Å². The zero-order valence-electron chi connectivity index (χ0n) is 21.7. The highest BCUT2D eigenvalue weighted by atomic mass is 35.5. The minimum absolute atomic E-state index is 0.0252. The van der Waals surface area contributed by atoms with Crippen molar-refractivity contribution in [3.63, 3.8) is 0 Å². The van der Waals surface area contributed by atoms with Gasteiger partial charge in [0.05, 0.1) is 5.56 Å². The minimum Gasteiger partial charge on any atom is -0.322 e. The highest BCUT2D eigenvalue weighted by Crippen LogP contribution is 2.39. The number of carbonyl (C=O) groups excluding carboxylic acids is 2. The van der Waals surface area contributed by atoms with Crippen LogP contribution in [0.3, 0.4) is 0 Å². The summed E-state index contributed by atoms with van der Waals surface area (Å²) in [5, 5.41) is 16.9. The van der Waals surface area contributed by atoms with Gasteiger partial charge in [0.15, 0.2) is 0 Å². The number of nitrogens with one attached hydrogen (secondary N) is 2. The van der Waals surface area contributed by atoms with Crippen LogP contribution >= 0.6 is 22.9 Å². The van der Waals surface area contributed by atoms with Gasteiger partial charge in [-0.3, -0.25) is 9.59 Å². The SMILES string of the molecule is Cc1cc(/C=C(/C#N)C(=O)Nc2cccc(Cl)c2)c(C)n1-c1sc2c(c1C(=O)Nc1ccccc1)CCCC2. The van der Waals surface area contributed by atoms with Gasteiger partial charge in [-0.2, -0.15) is 5.26 Å². The smallest absolute Gasteiger partial charge is 0.266 e. The Labute approximate surface area is 236 Å². The van der Waals surface area contributed by atoms with Crippen LogP contribution in [-0.2, 0) is 17.6 Å². The number of hydrogen-bond acceptors (Lipinski definition) is 4. The zero-order chi connectivity index (χ0) is 27.5. The zero-order valence-corrected chi connectivity index (χ0v) is 23.2. The van der Waals surface area contributed by atoms with E-state index >= 15 is 0 Å².